The Morgan fingerprint density at radius 2 is 2.42 bits per heavy atom. The summed E-state index contributed by atoms with van der Waals surface area (Å²) in [4.78, 5) is 13.9. The predicted molar refractivity (Wildman–Crippen MR) is 73.1 cm³/mol. The van der Waals surface area contributed by atoms with Crippen LogP contribution in [0, 0.1) is 6.92 Å². The van der Waals surface area contributed by atoms with Crippen molar-refractivity contribution < 1.29 is 14.6 Å². The SMILES string of the molecule is Cc1cccc(NC(=O)CN2CCOCC2CO)c1. The maximum absolute atomic E-state index is 12.0. The molecular weight excluding hydrogens is 244 g/mol. The molecule has 1 aliphatic heterocycles. The van der Waals surface area contributed by atoms with Crippen LogP contribution >= 0.6 is 0 Å². The maximum Gasteiger partial charge on any atom is 0.238 e. The third-order valence-electron chi connectivity index (χ3n) is 3.21. The number of hydrogen-bond acceptors (Lipinski definition) is 4. The molecule has 2 N–H and O–H groups in total. The molecule has 5 heteroatoms. The van der Waals surface area contributed by atoms with Crippen molar-refractivity contribution in [3.8, 4) is 0 Å². The minimum Gasteiger partial charge on any atom is -0.395 e. The fraction of sp³-hybridized carbons (Fsp3) is 0.500. The molecule has 0 aromatic heterocycles. The summed E-state index contributed by atoms with van der Waals surface area (Å²) < 4.78 is 5.29. The standard InChI is InChI=1S/C14H20N2O3/c1-11-3-2-4-12(7-11)15-14(18)8-16-5-6-19-10-13(16)9-17/h2-4,7,13,17H,5-6,8-10H2,1H3,(H,15,18). The predicted octanol–water partition coefficient (Wildman–Crippen LogP) is 0.627. The third-order valence-corrected chi connectivity index (χ3v) is 3.21. The van der Waals surface area contributed by atoms with Crippen LogP contribution in [0.5, 0.6) is 0 Å². The van der Waals surface area contributed by atoms with Gasteiger partial charge in [0.15, 0.2) is 0 Å². The van der Waals surface area contributed by atoms with Crippen molar-refractivity contribution in [3.05, 3.63) is 29.8 Å². The minimum absolute atomic E-state index is 0.0116. The van der Waals surface area contributed by atoms with Gasteiger partial charge in [-0.2, -0.15) is 0 Å². The first-order chi connectivity index (χ1) is 9.19. The first-order valence-electron chi connectivity index (χ1n) is 6.48. The zero-order valence-electron chi connectivity index (χ0n) is 11.1. The summed E-state index contributed by atoms with van der Waals surface area (Å²) in [5, 5.41) is 12.1. The van der Waals surface area contributed by atoms with Gasteiger partial charge < -0.3 is 15.2 Å². The van der Waals surface area contributed by atoms with E-state index < -0.39 is 0 Å². The van der Waals surface area contributed by atoms with Gasteiger partial charge in [-0.05, 0) is 24.6 Å². The molecule has 2 rings (SSSR count). The number of nitrogens with zero attached hydrogens (tertiary/aromatic N) is 1. The molecule has 1 unspecified atom stereocenters. The number of carbonyl (C=O) groups is 1. The Morgan fingerprint density at radius 3 is 3.16 bits per heavy atom. The van der Waals surface area contributed by atoms with Crippen molar-refractivity contribution in [1.29, 1.82) is 0 Å². The molecule has 0 aliphatic carbocycles. The van der Waals surface area contributed by atoms with Gasteiger partial charge in [0.25, 0.3) is 0 Å². The summed E-state index contributed by atoms with van der Waals surface area (Å²) >= 11 is 0. The fourth-order valence-electron chi connectivity index (χ4n) is 2.17. The summed E-state index contributed by atoms with van der Waals surface area (Å²) in [6, 6.07) is 7.61. The topological polar surface area (TPSA) is 61.8 Å². The van der Waals surface area contributed by atoms with Gasteiger partial charge >= 0.3 is 0 Å². The molecule has 1 fully saturated rings. The molecule has 1 atom stereocenters. The van der Waals surface area contributed by atoms with Gasteiger partial charge in [-0.3, -0.25) is 9.69 Å². The van der Waals surface area contributed by atoms with Crippen molar-refractivity contribution in [2.24, 2.45) is 0 Å². The van der Waals surface area contributed by atoms with Crippen molar-refractivity contribution in [3.63, 3.8) is 0 Å². The number of benzene rings is 1. The molecule has 0 spiro atoms. The minimum atomic E-state index is -0.0861. The van der Waals surface area contributed by atoms with Crippen molar-refractivity contribution in [1.82, 2.24) is 4.90 Å². The van der Waals surface area contributed by atoms with Crippen molar-refractivity contribution in [2.75, 3.05) is 38.2 Å². The Kier molecular flexibility index (Phi) is 4.90. The molecule has 1 saturated heterocycles. The Hall–Kier alpha value is -1.43. The van der Waals surface area contributed by atoms with Gasteiger partial charge in [0.1, 0.15) is 0 Å². The number of ether oxygens (including phenoxy) is 1. The number of carbonyl (C=O) groups excluding carboxylic acids is 1. The van der Waals surface area contributed by atoms with E-state index >= 15 is 0 Å². The lowest BCUT2D eigenvalue weighted by atomic mass is 10.2. The van der Waals surface area contributed by atoms with Crippen LogP contribution in [0.3, 0.4) is 0 Å². The molecular formula is C14H20N2O3. The normalized spacial score (nSPS) is 20.2. The maximum atomic E-state index is 12.0. The lowest BCUT2D eigenvalue weighted by Gasteiger charge is -2.33. The number of amides is 1. The molecule has 19 heavy (non-hydrogen) atoms. The van der Waals surface area contributed by atoms with Crippen LogP contribution in [0.2, 0.25) is 0 Å². The van der Waals surface area contributed by atoms with E-state index in [0.29, 0.717) is 19.8 Å². The average Bonchev–Trinajstić information content (AvgIpc) is 2.39. The van der Waals surface area contributed by atoms with E-state index in [4.69, 9.17) is 4.74 Å². The summed E-state index contributed by atoms with van der Waals surface area (Å²) in [7, 11) is 0. The quantitative estimate of drug-likeness (QED) is 0.837. The first-order valence-corrected chi connectivity index (χ1v) is 6.48. The lowest BCUT2D eigenvalue weighted by molar-refractivity contribution is -0.120. The molecule has 1 aromatic rings. The molecule has 1 heterocycles. The van der Waals surface area contributed by atoms with Crippen molar-refractivity contribution in [2.45, 2.75) is 13.0 Å². The van der Waals surface area contributed by atoms with Crippen LogP contribution in [0.15, 0.2) is 24.3 Å². The summed E-state index contributed by atoms with van der Waals surface area (Å²) in [6.07, 6.45) is 0. The third kappa shape index (κ3) is 4.02. The Morgan fingerprint density at radius 1 is 1.58 bits per heavy atom. The lowest BCUT2D eigenvalue weighted by Crippen LogP contribution is -2.50. The number of nitrogens with one attached hydrogen (secondary N) is 1. The number of hydrogen-bond donors (Lipinski definition) is 2. The van der Waals surface area contributed by atoms with E-state index in [9.17, 15) is 9.90 Å². The van der Waals surface area contributed by atoms with Crippen molar-refractivity contribution >= 4 is 11.6 Å². The Balaban J connectivity index is 1.90. The smallest absolute Gasteiger partial charge is 0.238 e. The molecule has 0 saturated carbocycles. The largest absolute Gasteiger partial charge is 0.395 e. The van der Waals surface area contributed by atoms with E-state index in [-0.39, 0.29) is 25.1 Å². The molecule has 0 radical (unpaired) electrons. The van der Waals surface area contributed by atoms with Crippen LogP contribution in [-0.2, 0) is 9.53 Å². The van der Waals surface area contributed by atoms with E-state index in [2.05, 4.69) is 5.32 Å². The van der Waals surface area contributed by atoms with Gasteiger partial charge in [-0.25, -0.2) is 0 Å². The van der Waals surface area contributed by atoms with Gasteiger partial charge in [-0.1, -0.05) is 12.1 Å². The van der Waals surface area contributed by atoms with Gasteiger partial charge in [-0.15, -0.1) is 0 Å². The van der Waals surface area contributed by atoms with E-state index in [1.165, 1.54) is 0 Å². The highest BCUT2D eigenvalue weighted by molar-refractivity contribution is 5.92. The number of rotatable bonds is 4. The molecule has 104 valence electrons. The second-order valence-corrected chi connectivity index (χ2v) is 4.80. The highest BCUT2D eigenvalue weighted by Crippen LogP contribution is 2.11. The molecule has 5 nitrogen and oxygen atoms in total. The Labute approximate surface area is 113 Å². The summed E-state index contributed by atoms with van der Waals surface area (Å²) in [5.41, 5.74) is 1.91. The highest BCUT2D eigenvalue weighted by atomic mass is 16.5. The molecule has 0 bridgehead atoms. The van der Waals surface area contributed by atoms with Crippen LogP contribution in [0.4, 0.5) is 5.69 Å². The first kappa shape index (κ1) is 14.0. The number of morpholine rings is 1. The number of aryl methyl sites for hydroxylation is 1. The van der Waals surface area contributed by atoms with Gasteiger partial charge in [0.2, 0.25) is 5.91 Å². The van der Waals surface area contributed by atoms with E-state index in [0.717, 1.165) is 11.3 Å². The van der Waals surface area contributed by atoms with Crippen LogP contribution in [-0.4, -0.2) is 54.9 Å². The molecule has 1 aromatic carbocycles. The van der Waals surface area contributed by atoms with Crippen LogP contribution < -0.4 is 5.32 Å². The van der Waals surface area contributed by atoms with E-state index in [1.54, 1.807) is 0 Å². The number of anilines is 1. The second kappa shape index (κ2) is 6.65. The zero-order chi connectivity index (χ0) is 13.7. The Bertz CT molecular complexity index is 436. The van der Waals surface area contributed by atoms with Crippen LogP contribution in [0.25, 0.3) is 0 Å². The average molecular weight is 264 g/mol. The molecule has 1 amide bonds. The second-order valence-electron chi connectivity index (χ2n) is 4.80. The van der Waals surface area contributed by atoms with Gasteiger partial charge in [0.05, 0.1) is 32.4 Å². The zero-order valence-corrected chi connectivity index (χ0v) is 11.1. The number of aliphatic hydroxyl groups is 1. The number of aliphatic hydroxyl groups excluding tert-OH is 1. The summed E-state index contributed by atoms with van der Waals surface area (Å²) in [5.74, 6) is -0.0639. The summed E-state index contributed by atoms with van der Waals surface area (Å²) in [6.45, 7) is 4.04. The fourth-order valence-corrected chi connectivity index (χ4v) is 2.17. The van der Waals surface area contributed by atoms with Gasteiger partial charge in [0, 0.05) is 12.2 Å². The monoisotopic (exact) mass is 264 g/mol. The molecule has 1 aliphatic rings. The van der Waals surface area contributed by atoms with E-state index in [1.807, 2.05) is 36.1 Å². The van der Waals surface area contributed by atoms with Crippen LogP contribution in [0.1, 0.15) is 5.56 Å². The highest BCUT2D eigenvalue weighted by Gasteiger charge is 2.24.